The largest absolute Gasteiger partial charge is 0.372 e. The molecule has 1 aromatic heterocycles. The molecule has 1 saturated heterocycles. The van der Waals surface area contributed by atoms with Crippen LogP contribution in [0.1, 0.15) is 31.2 Å². The van der Waals surface area contributed by atoms with E-state index in [4.69, 9.17) is 0 Å². The third-order valence-electron chi connectivity index (χ3n) is 4.68. The number of rotatable bonds is 4. The van der Waals surface area contributed by atoms with Crippen molar-refractivity contribution >= 4 is 11.5 Å². The lowest BCUT2D eigenvalue weighted by atomic mass is 9.78. The number of aromatic nitrogens is 1. The van der Waals surface area contributed by atoms with Gasteiger partial charge < -0.3 is 4.90 Å². The van der Waals surface area contributed by atoms with Gasteiger partial charge in [-0.05, 0) is 61.6 Å². The highest BCUT2D eigenvalue weighted by Gasteiger charge is 2.30. The molecule has 0 saturated carbocycles. The number of pyridine rings is 1. The molecule has 0 amide bonds. The third kappa shape index (κ3) is 3.58. The Morgan fingerprint density at radius 2 is 1.91 bits per heavy atom. The number of nitrogens with zero attached hydrogens (tertiary/aromatic N) is 2. The second-order valence-corrected chi connectivity index (χ2v) is 6.18. The maximum Gasteiger partial charge on any atom is 0.137 e. The van der Waals surface area contributed by atoms with Crippen LogP contribution < -0.4 is 4.90 Å². The molecule has 1 aliphatic rings. The fourth-order valence-corrected chi connectivity index (χ4v) is 3.54. The van der Waals surface area contributed by atoms with Crippen molar-refractivity contribution in [2.24, 2.45) is 5.92 Å². The SMILES string of the molecule is CC(=O)C(c1cccnc1)C1CCN(c2ccc(F)cc2)CC1. The van der Waals surface area contributed by atoms with Crippen LogP contribution in [0.25, 0.3) is 0 Å². The van der Waals surface area contributed by atoms with E-state index in [1.54, 1.807) is 19.3 Å². The fraction of sp³-hybridized carbons (Fsp3) is 0.368. The van der Waals surface area contributed by atoms with Gasteiger partial charge in [-0.1, -0.05) is 6.07 Å². The molecule has 2 aromatic rings. The van der Waals surface area contributed by atoms with Crippen LogP contribution in [0.2, 0.25) is 0 Å². The predicted molar refractivity (Wildman–Crippen MR) is 89.0 cm³/mol. The Morgan fingerprint density at radius 1 is 1.22 bits per heavy atom. The summed E-state index contributed by atoms with van der Waals surface area (Å²) >= 11 is 0. The number of carbonyl (C=O) groups excluding carboxylic acids is 1. The molecule has 0 bridgehead atoms. The van der Waals surface area contributed by atoms with Crippen LogP contribution in [0.15, 0.2) is 48.8 Å². The smallest absolute Gasteiger partial charge is 0.137 e. The Kier molecular flexibility index (Phi) is 4.70. The van der Waals surface area contributed by atoms with Crippen molar-refractivity contribution in [3.63, 3.8) is 0 Å². The minimum absolute atomic E-state index is 0.0703. The molecule has 0 radical (unpaired) electrons. The number of hydrogen-bond acceptors (Lipinski definition) is 3. The summed E-state index contributed by atoms with van der Waals surface area (Å²) in [4.78, 5) is 18.6. The lowest BCUT2D eigenvalue weighted by Crippen LogP contribution is -2.37. The zero-order chi connectivity index (χ0) is 16.2. The van der Waals surface area contributed by atoms with Gasteiger partial charge in [0, 0.05) is 37.1 Å². The van der Waals surface area contributed by atoms with Gasteiger partial charge in [0.25, 0.3) is 0 Å². The molecule has 120 valence electrons. The Morgan fingerprint density at radius 3 is 2.48 bits per heavy atom. The van der Waals surface area contributed by atoms with Gasteiger partial charge in [-0.2, -0.15) is 0 Å². The van der Waals surface area contributed by atoms with Crippen LogP contribution in [-0.2, 0) is 4.79 Å². The highest BCUT2D eigenvalue weighted by molar-refractivity contribution is 5.83. The number of anilines is 1. The van der Waals surface area contributed by atoms with Crippen molar-refractivity contribution in [1.29, 1.82) is 0 Å². The van der Waals surface area contributed by atoms with Gasteiger partial charge in [0.1, 0.15) is 11.6 Å². The molecule has 1 aliphatic heterocycles. The molecular weight excluding hydrogens is 291 g/mol. The van der Waals surface area contributed by atoms with Gasteiger partial charge in [0.2, 0.25) is 0 Å². The standard InChI is InChI=1S/C19H21FN2O/c1-14(23)19(16-3-2-10-21-13-16)15-8-11-22(12-9-15)18-6-4-17(20)5-7-18/h2-7,10,13,15,19H,8-9,11-12H2,1H3. The first-order valence-corrected chi connectivity index (χ1v) is 8.06. The second kappa shape index (κ2) is 6.90. The second-order valence-electron chi connectivity index (χ2n) is 6.18. The summed E-state index contributed by atoms with van der Waals surface area (Å²) in [6.45, 7) is 3.45. The number of Topliss-reactive ketones (excluding diaryl/α,β-unsaturated/α-hetero) is 1. The van der Waals surface area contributed by atoms with E-state index in [9.17, 15) is 9.18 Å². The summed E-state index contributed by atoms with van der Waals surface area (Å²) in [5, 5.41) is 0. The van der Waals surface area contributed by atoms with E-state index in [1.807, 2.05) is 24.3 Å². The summed E-state index contributed by atoms with van der Waals surface area (Å²) in [5.74, 6) is 0.266. The van der Waals surface area contributed by atoms with Gasteiger partial charge in [-0.3, -0.25) is 9.78 Å². The Balaban J connectivity index is 1.69. The molecule has 0 spiro atoms. The van der Waals surface area contributed by atoms with Crippen LogP contribution in [0.3, 0.4) is 0 Å². The molecule has 1 atom stereocenters. The maximum absolute atomic E-state index is 13.0. The molecule has 4 heteroatoms. The van der Waals surface area contributed by atoms with E-state index >= 15 is 0 Å². The Bertz CT molecular complexity index is 649. The molecule has 1 unspecified atom stereocenters. The van der Waals surface area contributed by atoms with Crippen LogP contribution in [0, 0.1) is 11.7 Å². The van der Waals surface area contributed by atoms with Crippen molar-refractivity contribution in [3.05, 3.63) is 60.2 Å². The van der Waals surface area contributed by atoms with Gasteiger partial charge >= 0.3 is 0 Å². The molecular formula is C19H21FN2O. The molecule has 23 heavy (non-hydrogen) atoms. The van der Waals surface area contributed by atoms with Crippen molar-refractivity contribution in [2.75, 3.05) is 18.0 Å². The summed E-state index contributed by atoms with van der Waals surface area (Å²) in [6.07, 6.45) is 5.45. The van der Waals surface area contributed by atoms with Crippen molar-refractivity contribution in [1.82, 2.24) is 4.98 Å². The Hall–Kier alpha value is -2.23. The number of halogens is 1. The van der Waals surface area contributed by atoms with Crippen molar-refractivity contribution in [2.45, 2.75) is 25.7 Å². The first kappa shape index (κ1) is 15.7. The number of benzene rings is 1. The normalized spacial score (nSPS) is 17.0. The molecule has 2 heterocycles. The average Bonchev–Trinajstić information content (AvgIpc) is 2.57. The minimum Gasteiger partial charge on any atom is -0.372 e. The molecule has 0 N–H and O–H groups in total. The monoisotopic (exact) mass is 312 g/mol. The molecule has 3 nitrogen and oxygen atoms in total. The lowest BCUT2D eigenvalue weighted by molar-refractivity contribution is -0.119. The van der Waals surface area contributed by atoms with Crippen LogP contribution in [0.5, 0.6) is 0 Å². The molecule has 1 fully saturated rings. The summed E-state index contributed by atoms with van der Waals surface area (Å²) in [7, 11) is 0. The number of ketones is 1. The Labute approximate surface area is 136 Å². The van der Waals surface area contributed by atoms with Gasteiger partial charge in [-0.25, -0.2) is 4.39 Å². The van der Waals surface area contributed by atoms with Crippen LogP contribution >= 0.6 is 0 Å². The van der Waals surface area contributed by atoms with E-state index in [0.29, 0.717) is 5.92 Å². The number of hydrogen-bond donors (Lipinski definition) is 0. The van der Waals surface area contributed by atoms with Crippen LogP contribution in [0.4, 0.5) is 10.1 Å². The van der Waals surface area contributed by atoms with E-state index < -0.39 is 0 Å². The lowest BCUT2D eigenvalue weighted by Gasteiger charge is -2.36. The molecule has 1 aromatic carbocycles. The van der Waals surface area contributed by atoms with E-state index in [2.05, 4.69) is 9.88 Å². The van der Waals surface area contributed by atoms with Crippen LogP contribution in [-0.4, -0.2) is 23.9 Å². The molecule has 0 aliphatic carbocycles. The minimum atomic E-state index is -0.211. The highest BCUT2D eigenvalue weighted by Crippen LogP contribution is 2.34. The summed E-state index contributed by atoms with van der Waals surface area (Å²) < 4.78 is 13.0. The number of carbonyl (C=O) groups is 1. The molecule has 3 rings (SSSR count). The summed E-state index contributed by atoms with van der Waals surface area (Å²) in [6, 6.07) is 10.5. The summed E-state index contributed by atoms with van der Waals surface area (Å²) in [5.41, 5.74) is 2.06. The predicted octanol–water partition coefficient (Wildman–Crippen LogP) is 3.81. The first-order valence-electron chi connectivity index (χ1n) is 8.06. The highest BCUT2D eigenvalue weighted by atomic mass is 19.1. The quantitative estimate of drug-likeness (QED) is 0.861. The van der Waals surface area contributed by atoms with Crippen molar-refractivity contribution < 1.29 is 9.18 Å². The zero-order valence-corrected chi connectivity index (χ0v) is 13.3. The van der Waals surface area contributed by atoms with Gasteiger partial charge in [0.05, 0.1) is 0 Å². The van der Waals surface area contributed by atoms with E-state index in [-0.39, 0.29) is 17.5 Å². The van der Waals surface area contributed by atoms with E-state index in [1.165, 1.54) is 12.1 Å². The first-order chi connectivity index (χ1) is 11.1. The maximum atomic E-state index is 13.0. The van der Waals surface area contributed by atoms with Gasteiger partial charge in [0.15, 0.2) is 0 Å². The zero-order valence-electron chi connectivity index (χ0n) is 13.3. The fourth-order valence-electron chi connectivity index (χ4n) is 3.54. The van der Waals surface area contributed by atoms with Gasteiger partial charge in [-0.15, -0.1) is 0 Å². The third-order valence-corrected chi connectivity index (χ3v) is 4.68. The van der Waals surface area contributed by atoms with E-state index in [0.717, 1.165) is 37.2 Å². The topological polar surface area (TPSA) is 33.2 Å². The van der Waals surface area contributed by atoms with Crippen molar-refractivity contribution in [3.8, 4) is 0 Å². The number of piperidine rings is 1. The average molecular weight is 312 g/mol.